The quantitative estimate of drug-likeness (QED) is 0.943. The number of amides is 1. The van der Waals surface area contributed by atoms with Gasteiger partial charge in [0.1, 0.15) is 0 Å². The summed E-state index contributed by atoms with van der Waals surface area (Å²) in [6.45, 7) is 1.37. The molecule has 1 fully saturated rings. The number of carbonyl (C=O) groups is 1. The van der Waals surface area contributed by atoms with E-state index >= 15 is 0 Å². The van der Waals surface area contributed by atoms with Crippen LogP contribution >= 0.6 is 11.6 Å². The fourth-order valence-electron chi connectivity index (χ4n) is 2.73. The van der Waals surface area contributed by atoms with Crippen molar-refractivity contribution in [2.45, 2.75) is 19.0 Å². The van der Waals surface area contributed by atoms with Gasteiger partial charge in [-0.2, -0.15) is 0 Å². The third-order valence-electron chi connectivity index (χ3n) is 3.83. The van der Waals surface area contributed by atoms with Crippen LogP contribution in [0.2, 0.25) is 5.02 Å². The highest BCUT2D eigenvalue weighted by atomic mass is 35.5. The first-order valence-electron chi connectivity index (χ1n) is 6.90. The number of hydrogen-bond acceptors (Lipinski definition) is 3. The van der Waals surface area contributed by atoms with Crippen molar-refractivity contribution in [2.24, 2.45) is 0 Å². The first-order valence-corrected chi connectivity index (χ1v) is 7.28. The maximum Gasteiger partial charge on any atom is 0.244 e. The minimum Gasteiger partial charge on any atom is -0.347 e. The predicted octanol–water partition coefficient (Wildman–Crippen LogP) is 2.30. The number of carbonyl (C=O) groups excluding carboxylic acids is 1. The van der Waals surface area contributed by atoms with Gasteiger partial charge < -0.3 is 9.88 Å². The molecule has 2 heterocycles. The van der Waals surface area contributed by atoms with Gasteiger partial charge >= 0.3 is 0 Å². The zero-order valence-corrected chi connectivity index (χ0v) is 12.5. The van der Waals surface area contributed by atoms with Crippen molar-refractivity contribution in [1.29, 1.82) is 0 Å². The molecule has 0 aliphatic carbocycles. The van der Waals surface area contributed by atoms with E-state index in [1.165, 1.54) is 0 Å². The van der Waals surface area contributed by atoms with Gasteiger partial charge in [-0.25, -0.2) is 4.98 Å². The molecule has 6 heteroatoms. The van der Waals surface area contributed by atoms with Crippen molar-refractivity contribution in [3.63, 3.8) is 0 Å². The van der Waals surface area contributed by atoms with Gasteiger partial charge in [-0.05, 0) is 25.6 Å². The summed E-state index contributed by atoms with van der Waals surface area (Å²) in [5.74, 6) is 0.102. The van der Waals surface area contributed by atoms with Crippen molar-refractivity contribution in [1.82, 2.24) is 14.9 Å². The monoisotopic (exact) mass is 304 g/mol. The molecule has 3 rings (SSSR count). The van der Waals surface area contributed by atoms with E-state index < -0.39 is 0 Å². The maximum absolute atomic E-state index is 12.6. The van der Waals surface area contributed by atoms with Crippen molar-refractivity contribution in [3.05, 3.63) is 47.5 Å². The number of rotatable bonds is 4. The lowest BCUT2D eigenvalue weighted by Crippen LogP contribution is -2.39. The molecule has 0 bridgehead atoms. The Labute approximate surface area is 128 Å². The van der Waals surface area contributed by atoms with Crippen molar-refractivity contribution in [3.8, 4) is 0 Å². The largest absolute Gasteiger partial charge is 0.347 e. The second-order valence-corrected chi connectivity index (χ2v) is 5.64. The molecule has 110 valence electrons. The molecule has 1 atom stereocenters. The third-order valence-corrected chi connectivity index (χ3v) is 4.15. The van der Waals surface area contributed by atoms with E-state index in [0.717, 1.165) is 17.8 Å². The highest BCUT2D eigenvalue weighted by Gasteiger charge is 2.35. The van der Waals surface area contributed by atoms with Gasteiger partial charge in [0.25, 0.3) is 0 Å². The average molecular weight is 305 g/mol. The molecular weight excluding hydrogens is 288 g/mol. The van der Waals surface area contributed by atoms with Crippen LogP contribution in [-0.4, -0.2) is 40.4 Å². The van der Waals surface area contributed by atoms with Gasteiger partial charge in [0.05, 0.1) is 23.1 Å². The second kappa shape index (κ2) is 5.87. The number of hydrogen-bond donors (Lipinski definition) is 1. The van der Waals surface area contributed by atoms with Crippen LogP contribution in [0.15, 0.2) is 36.8 Å². The molecule has 5 nitrogen and oxygen atoms in total. The van der Waals surface area contributed by atoms with Crippen LogP contribution < -0.4 is 4.90 Å². The van der Waals surface area contributed by atoms with Crippen molar-refractivity contribution in [2.75, 3.05) is 18.5 Å². The van der Waals surface area contributed by atoms with Gasteiger partial charge in [0.2, 0.25) is 5.91 Å². The number of likely N-dealkylation sites (N-methyl/N-ethyl adjacent to an activating group) is 1. The molecular formula is C15H17ClN4O. The first-order chi connectivity index (χ1) is 10.2. The molecule has 0 radical (unpaired) electrons. The number of nitrogens with one attached hydrogen (secondary N) is 1. The van der Waals surface area contributed by atoms with Crippen molar-refractivity contribution < 1.29 is 4.79 Å². The molecule has 2 aromatic rings. The number of para-hydroxylation sites is 1. The van der Waals surface area contributed by atoms with Gasteiger partial charge in [-0.1, -0.05) is 23.7 Å². The van der Waals surface area contributed by atoms with E-state index in [1.807, 2.05) is 36.2 Å². The van der Waals surface area contributed by atoms with Crippen LogP contribution in [0.1, 0.15) is 12.1 Å². The number of nitrogens with zero attached hydrogens (tertiary/aromatic N) is 3. The number of H-pyrrole nitrogens is 1. The number of imidazole rings is 1. The van der Waals surface area contributed by atoms with E-state index in [2.05, 4.69) is 9.97 Å². The topological polar surface area (TPSA) is 52.2 Å². The highest BCUT2D eigenvalue weighted by molar-refractivity contribution is 6.33. The number of halogens is 1. The van der Waals surface area contributed by atoms with E-state index in [1.54, 1.807) is 17.4 Å². The Hall–Kier alpha value is -1.85. The Morgan fingerprint density at radius 2 is 2.29 bits per heavy atom. The lowest BCUT2D eigenvalue weighted by Gasteiger charge is -2.23. The maximum atomic E-state index is 12.6. The third kappa shape index (κ3) is 2.80. The van der Waals surface area contributed by atoms with Crippen LogP contribution in [-0.2, 0) is 11.3 Å². The number of anilines is 1. The molecule has 1 amide bonds. The molecule has 0 unspecified atom stereocenters. The van der Waals surface area contributed by atoms with Gasteiger partial charge in [0, 0.05) is 25.0 Å². The summed E-state index contributed by atoms with van der Waals surface area (Å²) in [7, 11) is 1.96. The highest BCUT2D eigenvalue weighted by Crippen LogP contribution is 2.30. The smallest absolute Gasteiger partial charge is 0.244 e. The molecule has 1 N–H and O–H groups in total. The summed E-state index contributed by atoms with van der Waals surface area (Å²) in [5, 5.41) is 0.614. The zero-order valence-electron chi connectivity index (χ0n) is 11.8. The van der Waals surface area contributed by atoms with Gasteiger partial charge in [-0.3, -0.25) is 9.69 Å². The number of benzene rings is 1. The standard InChI is InChI=1S/C15H17ClN4O/c1-19(9-11-8-17-10-18-11)14-6-7-20(15(14)21)13-5-3-2-4-12(13)16/h2-5,8,10,14H,6-7,9H2,1H3,(H,17,18)/t14-/m0/s1. The van der Waals surface area contributed by atoms with E-state index in [9.17, 15) is 4.79 Å². The Balaban J connectivity index is 1.73. The van der Waals surface area contributed by atoms with Gasteiger partial charge in [0.15, 0.2) is 0 Å². The minimum absolute atomic E-state index is 0.102. The van der Waals surface area contributed by atoms with Gasteiger partial charge in [-0.15, -0.1) is 0 Å². The first kappa shape index (κ1) is 14.1. The lowest BCUT2D eigenvalue weighted by molar-refractivity contribution is -0.121. The molecule has 1 aliphatic heterocycles. The Bertz CT molecular complexity index is 628. The van der Waals surface area contributed by atoms with E-state index in [4.69, 9.17) is 11.6 Å². The summed E-state index contributed by atoms with van der Waals surface area (Å²) in [4.78, 5) is 23.5. The lowest BCUT2D eigenvalue weighted by atomic mass is 10.2. The summed E-state index contributed by atoms with van der Waals surface area (Å²) in [6, 6.07) is 7.35. The van der Waals surface area contributed by atoms with Crippen LogP contribution in [0.3, 0.4) is 0 Å². The normalized spacial score (nSPS) is 18.7. The molecule has 21 heavy (non-hydrogen) atoms. The molecule has 1 aliphatic rings. The zero-order chi connectivity index (χ0) is 14.8. The predicted molar refractivity (Wildman–Crippen MR) is 82.3 cm³/mol. The molecule has 1 saturated heterocycles. The molecule has 0 saturated carbocycles. The number of aromatic nitrogens is 2. The van der Waals surface area contributed by atoms with Crippen LogP contribution in [0, 0.1) is 0 Å². The van der Waals surface area contributed by atoms with Crippen molar-refractivity contribution >= 4 is 23.2 Å². The molecule has 1 aromatic carbocycles. The van der Waals surface area contributed by atoms with Crippen LogP contribution in [0.4, 0.5) is 5.69 Å². The van der Waals surface area contributed by atoms with E-state index in [0.29, 0.717) is 18.1 Å². The SMILES string of the molecule is CN(Cc1cnc[nH]1)[C@H]1CCN(c2ccccc2Cl)C1=O. The van der Waals surface area contributed by atoms with Crippen LogP contribution in [0.25, 0.3) is 0 Å². The second-order valence-electron chi connectivity index (χ2n) is 5.24. The fraction of sp³-hybridized carbons (Fsp3) is 0.333. The summed E-state index contributed by atoms with van der Waals surface area (Å²) < 4.78 is 0. The van der Waals surface area contributed by atoms with Crippen LogP contribution in [0.5, 0.6) is 0 Å². The Kier molecular flexibility index (Phi) is 3.94. The summed E-state index contributed by atoms with van der Waals surface area (Å²) in [6.07, 6.45) is 4.23. The summed E-state index contributed by atoms with van der Waals surface area (Å²) >= 11 is 6.19. The Morgan fingerprint density at radius 3 is 3.00 bits per heavy atom. The minimum atomic E-state index is -0.121. The fourth-order valence-corrected chi connectivity index (χ4v) is 2.97. The molecule has 1 aromatic heterocycles. The number of aromatic amines is 1. The Morgan fingerprint density at radius 1 is 1.48 bits per heavy atom. The average Bonchev–Trinajstić information content (AvgIpc) is 3.09. The molecule has 0 spiro atoms. The summed E-state index contributed by atoms with van der Waals surface area (Å²) in [5.41, 5.74) is 1.79. The van der Waals surface area contributed by atoms with E-state index in [-0.39, 0.29) is 11.9 Å².